The van der Waals surface area contributed by atoms with Crippen molar-refractivity contribution in [3.05, 3.63) is 53.2 Å². The van der Waals surface area contributed by atoms with Crippen LogP contribution in [0.4, 0.5) is 0 Å². The molecule has 0 unspecified atom stereocenters. The molecule has 1 aromatic rings. The van der Waals surface area contributed by atoms with Gasteiger partial charge in [-0.1, -0.05) is 58.4 Å². The summed E-state index contributed by atoms with van der Waals surface area (Å²) in [6.07, 6.45) is 18.6. The Bertz CT molecular complexity index is 1190. The Morgan fingerprint density at radius 3 is 2.71 bits per heavy atom. The number of nitrogens with zero attached hydrogens (tertiary/aromatic N) is 1. The molecule has 0 radical (unpaired) electrons. The van der Waals surface area contributed by atoms with Gasteiger partial charge in [-0.15, -0.1) is 0 Å². The van der Waals surface area contributed by atoms with E-state index in [1.807, 2.05) is 13.1 Å². The van der Waals surface area contributed by atoms with E-state index in [9.17, 15) is 15.0 Å². The van der Waals surface area contributed by atoms with Crippen LogP contribution in [0.3, 0.4) is 0 Å². The zero-order valence-corrected chi connectivity index (χ0v) is 26.5. The molecule has 1 aromatic heterocycles. The molecule has 4 saturated carbocycles. The summed E-state index contributed by atoms with van der Waals surface area (Å²) in [4.78, 5) is 20.9. The second kappa shape index (κ2) is 12.8. The molecule has 3 N–H and O–H groups in total. The molecule has 6 heteroatoms. The number of aromatic amines is 1. The molecular formula is C36H54N2O4. The Morgan fingerprint density at radius 1 is 1.21 bits per heavy atom. The minimum Gasteiger partial charge on any atom is -0.461 e. The first-order chi connectivity index (χ1) is 20.1. The summed E-state index contributed by atoms with van der Waals surface area (Å²) < 4.78 is 6.17. The zero-order valence-electron chi connectivity index (χ0n) is 26.5. The lowest BCUT2D eigenvalue weighted by atomic mass is 9.60. The summed E-state index contributed by atoms with van der Waals surface area (Å²) in [6.45, 7) is 13.1. The average molecular weight is 579 g/mol. The third-order valence-corrected chi connectivity index (χ3v) is 11.5. The summed E-state index contributed by atoms with van der Waals surface area (Å²) in [7, 11) is 0. The third-order valence-electron chi connectivity index (χ3n) is 11.5. The molecule has 0 saturated heterocycles. The van der Waals surface area contributed by atoms with Crippen LogP contribution in [0.25, 0.3) is 0 Å². The monoisotopic (exact) mass is 578 g/mol. The largest absolute Gasteiger partial charge is 0.461 e. The van der Waals surface area contributed by atoms with E-state index < -0.39 is 12.2 Å². The number of carbonyl (C=O) groups is 1. The van der Waals surface area contributed by atoms with Gasteiger partial charge in [-0.3, -0.25) is 4.79 Å². The first-order valence-corrected chi connectivity index (χ1v) is 16.8. The van der Waals surface area contributed by atoms with E-state index in [4.69, 9.17) is 9.72 Å². The van der Waals surface area contributed by atoms with Gasteiger partial charge in [-0.05, 0) is 105 Å². The van der Waals surface area contributed by atoms with Crippen LogP contribution < -0.4 is 0 Å². The number of H-pyrrole nitrogens is 1. The van der Waals surface area contributed by atoms with E-state index in [1.165, 1.54) is 37.0 Å². The highest BCUT2D eigenvalue weighted by molar-refractivity contribution is 5.69. The summed E-state index contributed by atoms with van der Waals surface area (Å²) in [5, 5.41) is 20.5. The van der Waals surface area contributed by atoms with Crippen LogP contribution in [0.1, 0.15) is 123 Å². The lowest BCUT2D eigenvalue weighted by Crippen LogP contribution is -2.37. The van der Waals surface area contributed by atoms with E-state index in [0.29, 0.717) is 37.0 Å². The fourth-order valence-corrected chi connectivity index (χ4v) is 8.84. The molecule has 0 amide bonds. The van der Waals surface area contributed by atoms with Gasteiger partial charge in [-0.2, -0.15) is 0 Å². The number of allylic oxidation sites excluding steroid dienone is 3. The molecule has 6 nitrogen and oxygen atoms in total. The van der Waals surface area contributed by atoms with Crippen LogP contribution in [-0.2, 0) is 21.4 Å². The van der Waals surface area contributed by atoms with Crippen molar-refractivity contribution in [3.8, 4) is 0 Å². The standard InChI is InChI=1S/C36H54N2O4/c1-6-9-27-22-37-34(38-27)36(18-19-36)32(42-33(41)7-2)16-11-23(3)29-14-15-30-25(10-8-17-35(29,30)5)12-13-26-20-28(39)21-31(40)24(26)4/h12-13,22-23,28-32,39-40H,4,6-11,14-21H2,1-3,5H3,(H,37,38)/t23-,28-,29-,30+,31+,32+,35-/m1/s1. The highest BCUT2D eigenvalue weighted by Crippen LogP contribution is 2.60. The van der Waals surface area contributed by atoms with Crippen LogP contribution in [0.5, 0.6) is 0 Å². The maximum atomic E-state index is 12.5. The molecule has 1 heterocycles. The van der Waals surface area contributed by atoms with Gasteiger partial charge < -0.3 is 19.9 Å². The van der Waals surface area contributed by atoms with Crippen LogP contribution in [0.2, 0.25) is 0 Å². The van der Waals surface area contributed by atoms with Gasteiger partial charge in [0, 0.05) is 24.7 Å². The SMILES string of the molecule is C=C1C(=CC=C2CCC[C@]3(C)[C@@H]([C@H](C)CC[C@H](OC(=O)CC)C4(c5ncc(CCC)[nH]5)CC4)CC[C@@H]23)C[C@@H](O)C[C@@H]1O. The first kappa shape index (κ1) is 31.3. The maximum Gasteiger partial charge on any atom is 0.305 e. The molecule has 7 atom stereocenters. The lowest BCUT2D eigenvalue weighted by Gasteiger charge is -2.44. The first-order valence-electron chi connectivity index (χ1n) is 16.8. The molecule has 0 aliphatic heterocycles. The van der Waals surface area contributed by atoms with Gasteiger partial charge >= 0.3 is 5.97 Å². The highest BCUT2D eigenvalue weighted by atomic mass is 16.5. The van der Waals surface area contributed by atoms with Gasteiger partial charge in [-0.25, -0.2) is 4.98 Å². The topological polar surface area (TPSA) is 95.4 Å². The second-order valence-corrected chi connectivity index (χ2v) is 14.2. The fourth-order valence-electron chi connectivity index (χ4n) is 8.84. The molecule has 0 bridgehead atoms. The number of aliphatic hydroxyl groups excluding tert-OH is 2. The molecular weight excluding hydrogens is 524 g/mol. The van der Waals surface area contributed by atoms with Crippen molar-refractivity contribution in [2.24, 2.45) is 23.2 Å². The van der Waals surface area contributed by atoms with Crippen molar-refractivity contribution >= 4 is 5.97 Å². The van der Waals surface area contributed by atoms with Gasteiger partial charge in [0.05, 0.1) is 17.6 Å². The number of rotatable bonds is 11. The van der Waals surface area contributed by atoms with E-state index in [-0.39, 0.29) is 22.9 Å². The van der Waals surface area contributed by atoms with Crippen LogP contribution in [0.15, 0.2) is 41.6 Å². The Hall–Kier alpha value is -2.18. The number of fused-ring (bicyclic) bond motifs is 1. The van der Waals surface area contributed by atoms with Crippen molar-refractivity contribution < 1.29 is 19.7 Å². The number of esters is 1. The Kier molecular flexibility index (Phi) is 9.54. The van der Waals surface area contributed by atoms with E-state index >= 15 is 0 Å². The Balaban J connectivity index is 1.28. The third kappa shape index (κ3) is 6.22. The van der Waals surface area contributed by atoms with Gasteiger partial charge in [0.1, 0.15) is 11.9 Å². The van der Waals surface area contributed by atoms with E-state index in [0.717, 1.165) is 61.9 Å². The number of nitrogens with one attached hydrogen (secondary N) is 1. The van der Waals surface area contributed by atoms with E-state index in [1.54, 1.807) is 0 Å². The predicted molar refractivity (Wildman–Crippen MR) is 167 cm³/mol. The molecule has 4 aliphatic rings. The summed E-state index contributed by atoms with van der Waals surface area (Å²) >= 11 is 0. The van der Waals surface area contributed by atoms with Gasteiger partial charge in [0.25, 0.3) is 0 Å². The summed E-state index contributed by atoms with van der Waals surface area (Å²) in [5.41, 5.74) is 4.57. The van der Waals surface area contributed by atoms with Crippen molar-refractivity contribution in [2.45, 2.75) is 141 Å². The lowest BCUT2D eigenvalue weighted by molar-refractivity contribution is -0.151. The molecule has 4 fully saturated rings. The van der Waals surface area contributed by atoms with Crippen molar-refractivity contribution in [3.63, 3.8) is 0 Å². The molecule has 42 heavy (non-hydrogen) atoms. The smallest absolute Gasteiger partial charge is 0.305 e. The molecule has 4 aliphatic carbocycles. The predicted octanol–water partition coefficient (Wildman–Crippen LogP) is 7.27. The zero-order chi connectivity index (χ0) is 30.1. The summed E-state index contributed by atoms with van der Waals surface area (Å²) in [6, 6.07) is 0. The number of imidazole rings is 1. The number of aromatic nitrogens is 2. The van der Waals surface area contributed by atoms with E-state index in [2.05, 4.69) is 44.5 Å². The van der Waals surface area contributed by atoms with Gasteiger partial charge in [0.2, 0.25) is 0 Å². The van der Waals surface area contributed by atoms with Crippen molar-refractivity contribution in [2.75, 3.05) is 0 Å². The Morgan fingerprint density at radius 2 is 2.00 bits per heavy atom. The number of aryl methyl sites for hydroxylation is 1. The maximum absolute atomic E-state index is 12.5. The summed E-state index contributed by atoms with van der Waals surface area (Å²) in [5.74, 6) is 2.67. The van der Waals surface area contributed by atoms with Crippen molar-refractivity contribution in [1.29, 1.82) is 0 Å². The fraction of sp³-hybridized carbons (Fsp3) is 0.722. The number of ether oxygens (including phenoxy) is 1. The van der Waals surface area contributed by atoms with Crippen molar-refractivity contribution in [1.82, 2.24) is 9.97 Å². The molecule has 0 spiro atoms. The number of hydrogen-bond acceptors (Lipinski definition) is 5. The molecule has 5 rings (SSSR count). The van der Waals surface area contributed by atoms with Crippen LogP contribution in [-0.4, -0.2) is 44.5 Å². The number of carbonyl (C=O) groups excluding carboxylic acids is 1. The normalized spacial score (nSPS) is 33.9. The minimum atomic E-state index is -0.645. The Labute approximate surface area is 253 Å². The highest BCUT2D eigenvalue weighted by Gasteiger charge is 2.56. The van der Waals surface area contributed by atoms with Gasteiger partial charge in [0.15, 0.2) is 0 Å². The average Bonchev–Trinajstić information content (AvgIpc) is 3.49. The molecule has 0 aromatic carbocycles. The van der Waals surface area contributed by atoms with Crippen LogP contribution >= 0.6 is 0 Å². The second-order valence-electron chi connectivity index (χ2n) is 14.2. The number of aliphatic hydroxyl groups is 2. The molecule has 232 valence electrons. The van der Waals surface area contributed by atoms with Crippen LogP contribution in [0, 0.1) is 23.2 Å². The quantitative estimate of drug-likeness (QED) is 0.240. The number of hydrogen-bond donors (Lipinski definition) is 3. The minimum absolute atomic E-state index is 0.107.